The number of nitrogens with zero attached hydrogens (tertiary/aromatic N) is 4. The Labute approximate surface area is 172 Å². The van der Waals surface area contributed by atoms with E-state index in [2.05, 4.69) is 15.3 Å². The first-order valence-electron chi connectivity index (χ1n) is 9.80. The maximum absolute atomic E-state index is 13.8. The van der Waals surface area contributed by atoms with Gasteiger partial charge in [0.25, 0.3) is 5.91 Å². The highest BCUT2D eigenvalue weighted by atomic mass is 19.4. The lowest BCUT2D eigenvalue weighted by molar-refractivity contribution is -0.173. The summed E-state index contributed by atoms with van der Waals surface area (Å²) < 4.78 is 47.7. The zero-order valence-electron chi connectivity index (χ0n) is 16.8. The number of carbonyl (C=O) groups is 1. The van der Waals surface area contributed by atoms with Gasteiger partial charge >= 0.3 is 6.18 Å². The van der Waals surface area contributed by atoms with Crippen molar-refractivity contribution in [3.8, 4) is 5.75 Å². The molecule has 4 rings (SSSR count). The van der Waals surface area contributed by atoms with Gasteiger partial charge in [-0.1, -0.05) is 12.1 Å². The van der Waals surface area contributed by atoms with Crippen LogP contribution in [-0.4, -0.2) is 72.0 Å². The van der Waals surface area contributed by atoms with Gasteiger partial charge in [-0.25, -0.2) is 4.68 Å². The summed E-state index contributed by atoms with van der Waals surface area (Å²) in [5.41, 5.74) is 0.829. The van der Waals surface area contributed by atoms with Crippen LogP contribution in [-0.2, 0) is 0 Å². The van der Waals surface area contributed by atoms with Crippen molar-refractivity contribution in [3.05, 3.63) is 41.6 Å². The van der Waals surface area contributed by atoms with E-state index in [0.29, 0.717) is 24.4 Å². The third-order valence-corrected chi connectivity index (χ3v) is 5.76. The van der Waals surface area contributed by atoms with E-state index in [1.165, 1.54) is 13.3 Å². The van der Waals surface area contributed by atoms with Gasteiger partial charge in [0.15, 0.2) is 6.04 Å². The van der Waals surface area contributed by atoms with E-state index < -0.39 is 18.3 Å². The Kier molecular flexibility index (Phi) is 5.35. The number of rotatable bonds is 3. The Balaban J connectivity index is 1.68. The molecule has 2 aliphatic rings. The maximum atomic E-state index is 13.8. The van der Waals surface area contributed by atoms with Crippen LogP contribution in [0.4, 0.5) is 19.0 Å². The number of methoxy groups -OCH3 is 1. The van der Waals surface area contributed by atoms with Crippen molar-refractivity contribution in [2.45, 2.75) is 24.7 Å². The molecule has 0 spiro atoms. The van der Waals surface area contributed by atoms with Crippen molar-refractivity contribution in [2.75, 3.05) is 45.7 Å². The van der Waals surface area contributed by atoms with Gasteiger partial charge in [-0.2, -0.15) is 18.3 Å². The first-order valence-corrected chi connectivity index (χ1v) is 9.80. The highest BCUT2D eigenvalue weighted by Crippen LogP contribution is 2.44. The number of hydrogen-bond donors (Lipinski definition) is 1. The SMILES string of the molecule is COc1cccc([C@H]2C[C@H](C(F)(F)F)n3ncc(C(=O)N4CCN(C)CC4)c3N2)c1. The number of fused-ring (bicyclic) bond motifs is 1. The van der Waals surface area contributed by atoms with Crippen LogP contribution in [0, 0.1) is 0 Å². The number of likely N-dealkylation sites (N-methyl/N-ethyl adjacent to an activating group) is 1. The minimum absolute atomic E-state index is 0.111. The fraction of sp³-hybridized carbons (Fsp3) is 0.500. The molecule has 2 atom stereocenters. The molecule has 162 valence electrons. The molecule has 2 aromatic rings. The van der Waals surface area contributed by atoms with E-state index in [0.717, 1.165) is 17.8 Å². The highest BCUT2D eigenvalue weighted by molar-refractivity contribution is 5.99. The molecule has 3 heterocycles. The lowest BCUT2D eigenvalue weighted by Crippen LogP contribution is -2.47. The molecular weight excluding hydrogens is 399 g/mol. The number of benzene rings is 1. The quantitative estimate of drug-likeness (QED) is 0.823. The number of hydrogen-bond acceptors (Lipinski definition) is 5. The number of ether oxygens (including phenoxy) is 1. The minimum atomic E-state index is -4.49. The van der Waals surface area contributed by atoms with Gasteiger partial charge in [0.2, 0.25) is 0 Å². The predicted octanol–water partition coefficient (Wildman–Crippen LogP) is 2.94. The van der Waals surface area contributed by atoms with E-state index in [4.69, 9.17) is 4.74 Å². The number of halogens is 3. The summed E-state index contributed by atoms with van der Waals surface area (Å²) in [6.07, 6.45) is -3.47. The van der Waals surface area contributed by atoms with Gasteiger partial charge in [-0.3, -0.25) is 4.79 Å². The van der Waals surface area contributed by atoms with Gasteiger partial charge in [0.1, 0.15) is 17.1 Å². The van der Waals surface area contributed by atoms with Crippen molar-refractivity contribution in [1.82, 2.24) is 19.6 Å². The lowest BCUT2D eigenvalue weighted by atomic mass is 9.96. The molecule has 30 heavy (non-hydrogen) atoms. The molecule has 1 N–H and O–H groups in total. The zero-order chi connectivity index (χ0) is 21.5. The second-order valence-electron chi connectivity index (χ2n) is 7.71. The Bertz CT molecular complexity index is 921. The highest BCUT2D eigenvalue weighted by Gasteiger charge is 2.47. The minimum Gasteiger partial charge on any atom is -0.497 e. The van der Waals surface area contributed by atoms with Crippen molar-refractivity contribution in [3.63, 3.8) is 0 Å². The standard InChI is InChI=1S/C20H24F3N5O2/c1-26-6-8-27(9-7-26)19(29)15-12-24-28-17(20(21,22)23)11-16(25-18(15)28)13-4-3-5-14(10-13)30-2/h3-5,10,12,16-17,25H,6-9,11H2,1-2H3/t16-,17-/m1/s1. The monoisotopic (exact) mass is 423 g/mol. The number of nitrogens with one attached hydrogen (secondary N) is 1. The van der Waals surface area contributed by atoms with Gasteiger partial charge in [0, 0.05) is 32.6 Å². The number of amides is 1. The molecule has 1 amide bonds. The van der Waals surface area contributed by atoms with Gasteiger partial charge in [-0.15, -0.1) is 0 Å². The Morgan fingerprint density at radius 1 is 1.23 bits per heavy atom. The molecule has 1 aromatic carbocycles. The smallest absolute Gasteiger partial charge is 0.410 e. The fourth-order valence-electron chi connectivity index (χ4n) is 3.98. The Morgan fingerprint density at radius 2 is 1.97 bits per heavy atom. The number of carbonyl (C=O) groups excluding carboxylic acids is 1. The second kappa shape index (κ2) is 7.82. The Hall–Kier alpha value is -2.75. The Morgan fingerprint density at radius 3 is 2.63 bits per heavy atom. The molecular formula is C20H24F3N5O2. The van der Waals surface area contributed by atoms with Crippen LogP contribution in [0.1, 0.15) is 34.4 Å². The van der Waals surface area contributed by atoms with Crippen LogP contribution < -0.4 is 10.1 Å². The van der Waals surface area contributed by atoms with Crippen LogP contribution in [0.2, 0.25) is 0 Å². The fourth-order valence-corrected chi connectivity index (χ4v) is 3.98. The van der Waals surface area contributed by atoms with Crippen LogP contribution in [0.3, 0.4) is 0 Å². The average molecular weight is 423 g/mol. The van der Waals surface area contributed by atoms with E-state index in [1.807, 2.05) is 7.05 Å². The normalized spacial score (nSPS) is 22.4. The summed E-state index contributed by atoms with van der Waals surface area (Å²) >= 11 is 0. The van der Waals surface area contributed by atoms with Crippen LogP contribution in [0.5, 0.6) is 5.75 Å². The van der Waals surface area contributed by atoms with Crippen LogP contribution >= 0.6 is 0 Å². The molecule has 0 radical (unpaired) electrons. The van der Waals surface area contributed by atoms with Crippen molar-refractivity contribution < 1.29 is 22.7 Å². The van der Waals surface area contributed by atoms with E-state index in [-0.39, 0.29) is 23.7 Å². The third kappa shape index (κ3) is 3.83. The zero-order valence-corrected chi connectivity index (χ0v) is 16.8. The summed E-state index contributed by atoms with van der Waals surface area (Å²) in [6, 6.07) is 4.48. The van der Waals surface area contributed by atoms with Crippen molar-refractivity contribution in [2.24, 2.45) is 0 Å². The van der Waals surface area contributed by atoms with Crippen molar-refractivity contribution >= 4 is 11.7 Å². The summed E-state index contributed by atoms with van der Waals surface area (Å²) in [5.74, 6) is 0.370. The lowest BCUT2D eigenvalue weighted by Gasteiger charge is -2.35. The summed E-state index contributed by atoms with van der Waals surface area (Å²) in [7, 11) is 3.48. The van der Waals surface area contributed by atoms with E-state index >= 15 is 0 Å². The molecule has 7 nitrogen and oxygen atoms in total. The molecule has 1 aromatic heterocycles. The maximum Gasteiger partial charge on any atom is 0.410 e. The molecule has 0 unspecified atom stereocenters. The number of anilines is 1. The average Bonchev–Trinajstić information content (AvgIpc) is 3.16. The predicted molar refractivity (Wildman–Crippen MR) is 105 cm³/mol. The van der Waals surface area contributed by atoms with Gasteiger partial charge in [-0.05, 0) is 24.7 Å². The molecule has 1 fully saturated rings. The molecule has 0 aliphatic carbocycles. The van der Waals surface area contributed by atoms with Crippen molar-refractivity contribution in [1.29, 1.82) is 0 Å². The van der Waals surface area contributed by atoms with Crippen LogP contribution in [0.25, 0.3) is 0 Å². The first kappa shape index (κ1) is 20.5. The van der Waals surface area contributed by atoms with Crippen LogP contribution in [0.15, 0.2) is 30.5 Å². The van der Waals surface area contributed by atoms with Gasteiger partial charge < -0.3 is 19.9 Å². The third-order valence-electron chi connectivity index (χ3n) is 5.76. The summed E-state index contributed by atoms with van der Waals surface area (Å²) in [6.45, 7) is 2.50. The summed E-state index contributed by atoms with van der Waals surface area (Å²) in [5, 5.41) is 7.08. The topological polar surface area (TPSA) is 62.6 Å². The largest absolute Gasteiger partial charge is 0.497 e. The van der Waals surface area contributed by atoms with E-state index in [9.17, 15) is 18.0 Å². The first-order chi connectivity index (χ1) is 14.3. The summed E-state index contributed by atoms with van der Waals surface area (Å²) in [4.78, 5) is 16.8. The van der Waals surface area contributed by atoms with Gasteiger partial charge in [0.05, 0.1) is 19.3 Å². The number of aromatic nitrogens is 2. The molecule has 0 saturated carbocycles. The molecule has 0 bridgehead atoms. The van der Waals surface area contributed by atoms with E-state index in [1.54, 1.807) is 29.2 Å². The second-order valence-corrected chi connectivity index (χ2v) is 7.71. The number of alkyl halides is 3. The molecule has 1 saturated heterocycles. The molecule has 10 heteroatoms. The molecule has 2 aliphatic heterocycles. The number of piperazine rings is 1.